The van der Waals surface area contributed by atoms with Crippen molar-refractivity contribution in [1.29, 1.82) is 0 Å². The summed E-state index contributed by atoms with van der Waals surface area (Å²) in [5.41, 5.74) is 2.71. The molecule has 2 N–H and O–H groups in total. The highest BCUT2D eigenvalue weighted by atomic mass is 32.1. The number of benzene rings is 1. The summed E-state index contributed by atoms with van der Waals surface area (Å²) in [6.07, 6.45) is 3.90. The van der Waals surface area contributed by atoms with Crippen LogP contribution in [0.15, 0.2) is 24.3 Å². The fourth-order valence-electron chi connectivity index (χ4n) is 5.92. The predicted octanol–water partition coefficient (Wildman–Crippen LogP) is 1.33. The average molecular weight is 491 g/mol. The van der Waals surface area contributed by atoms with Gasteiger partial charge in [0.05, 0.1) is 31.4 Å². The molecule has 34 heavy (non-hydrogen) atoms. The van der Waals surface area contributed by atoms with Gasteiger partial charge >= 0.3 is 6.03 Å². The highest BCUT2D eigenvalue weighted by molar-refractivity contribution is 7.59. The van der Waals surface area contributed by atoms with Gasteiger partial charge in [0, 0.05) is 45.2 Å². The standard InChI is InChI=1S/C25H36N4O4.H2S/c30-23(15-27-10-7-18-3-1-2-4-20(18)14-27)13-26-25(32)28-11-8-19(9-12-28)24(31)29-21-5-6-22(29)17-33-16-21;/h1-4,19,21-23,30H,5-17H2,(H,26,32);1H2/t21?,22?,23-;/m0./s1. The number of urea groups is 1. The first-order valence-corrected chi connectivity index (χ1v) is 12.5. The van der Waals surface area contributed by atoms with Crippen molar-refractivity contribution in [3.63, 3.8) is 0 Å². The lowest BCUT2D eigenvalue weighted by Gasteiger charge is -2.39. The molecule has 0 aromatic heterocycles. The molecule has 3 atom stereocenters. The maximum absolute atomic E-state index is 13.1. The Kier molecular flexibility index (Phi) is 8.39. The van der Waals surface area contributed by atoms with Gasteiger partial charge in [-0.15, -0.1) is 0 Å². The summed E-state index contributed by atoms with van der Waals surface area (Å²) in [5.74, 6) is 0.257. The lowest BCUT2D eigenvalue weighted by Crippen LogP contribution is -2.54. The van der Waals surface area contributed by atoms with E-state index in [1.165, 1.54) is 11.1 Å². The number of nitrogens with one attached hydrogen (secondary N) is 1. The molecule has 2 bridgehead atoms. The number of ether oxygens (including phenoxy) is 1. The van der Waals surface area contributed by atoms with Crippen LogP contribution in [0.4, 0.5) is 4.79 Å². The minimum atomic E-state index is -0.602. The second-order valence-corrected chi connectivity index (χ2v) is 10.0. The zero-order chi connectivity index (χ0) is 22.8. The zero-order valence-electron chi connectivity index (χ0n) is 19.8. The van der Waals surface area contributed by atoms with Gasteiger partial charge in [-0.05, 0) is 43.2 Å². The number of rotatable bonds is 5. The molecule has 4 heterocycles. The Labute approximate surface area is 209 Å². The number of carbonyl (C=O) groups is 2. The molecule has 1 aromatic carbocycles. The van der Waals surface area contributed by atoms with E-state index in [4.69, 9.17) is 4.74 Å². The molecule has 4 aliphatic heterocycles. The third kappa shape index (κ3) is 5.53. The van der Waals surface area contributed by atoms with E-state index < -0.39 is 6.10 Å². The van der Waals surface area contributed by atoms with Crippen molar-refractivity contribution in [2.75, 3.05) is 45.9 Å². The summed E-state index contributed by atoms with van der Waals surface area (Å²) in [4.78, 5) is 31.8. The Bertz CT molecular complexity index is 847. The van der Waals surface area contributed by atoms with Crippen LogP contribution in [0.1, 0.15) is 36.8 Å². The van der Waals surface area contributed by atoms with Crippen molar-refractivity contribution in [1.82, 2.24) is 20.0 Å². The molecule has 0 saturated carbocycles. The highest BCUT2D eigenvalue weighted by Gasteiger charge is 2.43. The van der Waals surface area contributed by atoms with Crippen LogP contribution in [0.5, 0.6) is 0 Å². The molecule has 0 spiro atoms. The van der Waals surface area contributed by atoms with E-state index in [0.29, 0.717) is 45.7 Å². The van der Waals surface area contributed by atoms with E-state index in [2.05, 4.69) is 39.4 Å². The van der Waals surface area contributed by atoms with Gasteiger partial charge in [0.2, 0.25) is 5.91 Å². The molecule has 4 aliphatic rings. The molecular weight excluding hydrogens is 452 g/mol. The van der Waals surface area contributed by atoms with Crippen molar-refractivity contribution < 1.29 is 19.4 Å². The molecule has 9 heteroatoms. The van der Waals surface area contributed by atoms with E-state index in [-0.39, 0.29) is 50.0 Å². The largest absolute Gasteiger partial charge is 0.390 e. The lowest BCUT2D eigenvalue weighted by molar-refractivity contribution is -0.146. The minimum absolute atomic E-state index is 0. The fraction of sp³-hybridized carbons (Fsp3) is 0.680. The molecule has 3 amide bonds. The maximum atomic E-state index is 13.1. The molecule has 8 nitrogen and oxygen atoms in total. The Morgan fingerprint density at radius 3 is 2.41 bits per heavy atom. The summed E-state index contributed by atoms with van der Waals surface area (Å²) in [7, 11) is 0. The van der Waals surface area contributed by atoms with E-state index in [9.17, 15) is 14.7 Å². The number of aliphatic hydroxyl groups is 1. The number of hydrogen-bond acceptors (Lipinski definition) is 5. The second kappa shape index (κ2) is 11.3. The molecule has 3 fully saturated rings. The third-order valence-corrected chi connectivity index (χ3v) is 7.79. The smallest absolute Gasteiger partial charge is 0.317 e. The van der Waals surface area contributed by atoms with Gasteiger partial charge in [-0.1, -0.05) is 24.3 Å². The number of β-amino-alcohol motifs (C(OH)–C–C–N with tert-alkyl or cyclic N) is 1. The highest BCUT2D eigenvalue weighted by Crippen LogP contribution is 2.32. The SMILES string of the molecule is O=C(NC[C@H](O)CN1CCc2ccccc2C1)N1CCC(C(=O)N2C3CCC2COC3)CC1.S. The Balaban J connectivity index is 0.00000274. The summed E-state index contributed by atoms with van der Waals surface area (Å²) in [6.45, 7) is 5.05. The molecule has 1 aromatic rings. The zero-order valence-corrected chi connectivity index (χ0v) is 20.8. The van der Waals surface area contributed by atoms with Crippen LogP contribution < -0.4 is 5.32 Å². The number of carbonyl (C=O) groups excluding carboxylic acids is 2. The van der Waals surface area contributed by atoms with Gasteiger partial charge in [0.1, 0.15) is 0 Å². The first kappa shape index (κ1) is 25.3. The summed E-state index contributed by atoms with van der Waals surface area (Å²) < 4.78 is 5.60. The summed E-state index contributed by atoms with van der Waals surface area (Å²) in [6, 6.07) is 8.79. The number of morpholine rings is 1. The number of amides is 3. The number of likely N-dealkylation sites (tertiary alicyclic amines) is 1. The number of fused-ring (bicyclic) bond motifs is 3. The number of aliphatic hydroxyl groups excluding tert-OH is 1. The van der Waals surface area contributed by atoms with Crippen LogP contribution in [0.2, 0.25) is 0 Å². The molecule has 0 radical (unpaired) electrons. The topological polar surface area (TPSA) is 85.3 Å². The van der Waals surface area contributed by atoms with Crippen LogP contribution in [0.3, 0.4) is 0 Å². The molecule has 0 aliphatic carbocycles. The number of hydrogen-bond donors (Lipinski definition) is 2. The van der Waals surface area contributed by atoms with Crippen LogP contribution in [-0.4, -0.2) is 95.9 Å². The lowest BCUT2D eigenvalue weighted by atomic mass is 9.94. The summed E-state index contributed by atoms with van der Waals surface area (Å²) >= 11 is 0. The second-order valence-electron chi connectivity index (χ2n) is 10.0. The first-order chi connectivity index (χ1) is 16.1. The van der Waals surface area contributed by atoms with E-state index in [1.807, 2.05) is 0 Å². The molecule has 2 unspecified atom stereocenters. The Hall–Kier alpha value is -1.81. The summed E-state index contributed by atoms with van der Waals surface area (Å²) in [5, 5.41) is 13.4. The first-order valence-electron chi connectivity index (χ1n) is 12.5. The number of nitrogens with zero attached hydrogens (tertiary/aromatic N) is 3. The maximum Gasteiger partial charge on any atom is 0.317 e. The van der Waals surface area contributed by atoms with Gasteiger partial charge in [-0.25, -0.2) is 4.79 Å². The van der Waals surface area contributed by atoms with Gasteiger partial charge in [-0.3, -0.25) is 9.69 Å². The van der Waals surface area contributed by atoms with Crippen LogP contribution >= 0.6 is 13.5 Å². The van der Waals surface area contributed by atoms with E-state index in [1.54, 1.807) is 4.90 Å². The molecular formula is C25H38N4O4S. The van der Waals surface area contributed by atoms with Crippen molar-refractivity contribution in [2.24, 2.45) is 5.92 Å². The minimum Gasteiger partial charge on any atom is -0.390 e. The van der Waals surface area contributed by atoms with Gasteiger partial charge in [0.25, 0.3) is 0 Å². The van der Waals surface area contributed by atoms with Gasteiger partial charge in [-0.2, -0.15) is 13.5 Å². The molecule has 3 saturated heterocycles. The van der Waals surface area contributed by atoms with Crippen LogP contribution in [-0.2, 0) is 22.5 Å². The van der Waals surface area contributed by atoms with E-state index in [0.717, 1.165) is 32.4 Å². The van der Waals surface area contributed by atoms with Crippen molar-refractivity contribution in [2.45, 2.75) is 56.8 Å². The quantitative estimate of drug-likeness (QED) is 0.651. The fourth-order valence-corrected chi connectivity index (χ4v) is 5.92. The van der Waals surface area contributed by atoms with E-state index >= 15 is 0 Å². The molecule has 5 rings (SSSR count). The number of piperidine rings is 1. The average Bonchev–Trinajstić information content (AvgIpc) is 3.10. The van der Waals surface area contributed by atoms with Crippen molar-refractivity contribution in [3.8, 4) is 0 Å². The monoisotopic (exact) mass is 490 g/mol. The Morgan fingerprint density at radius 2 is 1.71 bits per heavy atom. The van der Waals surface area contributed by atoms with Gasteiger partial charge in [0.15, 0.2) is 0 Å². The normalized spacial score (nSPS) is 25.9. The predicted molar refractivity (Wildman–Crippen MR) is 134 cm³/mol. The molecule has 188 valence electrons. The van der Waals surface area contributed by atoms with Crippen molar-refractivity contribution >= 4 is 25.4 Å². The third-order valence-electron chi connectivity index (χ3n) is 7.79. The van der Waals surface area contributed by atoms with Crippen LogP contribution in [0, 0.1) is 5.92 Å². The Morgan fingerprint density at radius 1 is 1.03 bits per heavy atom. The van der Waals surface area contributed by atoms with Crippen molar-refractivity contribution in [3.05, 3.63) is 35.4 Å². The van der Waals surface area contributed by atoms with Gasteiger partial charge < -0.3 is 25.0 Å². The van der Waals surface area contributed by atoms with Crippen LogP contribution in [0.25, 0.3) is 0 Å².